The molecule has 0 aromatic heterocycles. The van der Waals surface area contributed by atoms with Crippen LogP contribution in [0.2, 0.25) is 0 Å². The Labute approximate surface area is 245 Å². The molecular formula is C30H60O9Si. The summed E-state index contributed by atoms with van der Waals surface area (Å²) in [6.45, 7) is 9.65. The van der Waals surface area contributed by atoms with Crippen molar-refractivity contribution >= 4 is 15.5 Å². The fourth-order valence-electron chi connectivity index (χ4n) is 4.28. The number of hydrogen-bond acceptors (Lipinski definition) is 9. The van der Waals surface area contributed by atoms with Gasteiger partial charge in [-0.3, -0.25) is 4.79 Å². The molecule has 1 rings (SSSR count). The highest BCUT2D eigenvalue weighted by Crippen LogP contribution is 2.20. The van der Waals surface area contributed by atoms with Crippen molar-refractivity contribution in [2.45, 2.75) is 142 Å². The van der Waals surface area contributed by atoms with Gasteiger partial charge >= 0.3 is 15.5 Å². The second-order valence-electron chi connectivity index (χ2n) is 10.1. The van der Waals surface area contributed by atoms with Gasteiger partial charge in [-0.05, 0) is 52.9 Å². The van der Waals surface area contributed by atoms with Gasteiger partial charge in [0.05, 0.1) is 13.2 Å². The van der Waals surface area contributed by atoms with Crippen LogP contribution in [-0.4, -0.2) is 88.3 Å². The standard InChI is InChI=1S/C24H44O6.C6H16O3Si/c1-2-3-4-5-6-7-8-9-10-11-12-13-14-15-16-17-22(27)30-21(18-25)24-23(28)20(26)19-29-24;1-4-7-10(8-5-2)9-6-3/h9-10,20-21,23-26,28H,2-8,11-19H2,1H3;10H,4-6H2,1-3H3/b10-9-;/t20-,21+,23+,24+;/m0./s1. The molecule has 10 heteroatoms. The Hall–Kier alpha value is -0.853. The van der Waals surface area contributed by atoms with Gasteiger partial charge in [0.1, 0.15) is 18.3 Å². The minimum absolute atomic E-state index is 0.0197. The molecule has 1 heterocycles. The predicted molar refractivity (Wildman–Crippen MR) is 160 cm³/mol. The summed E-state index contributed by atoms with van der Waals surface area (Å²) in [4.78, 5) is 11.9. The Morgan fingerprint density at radius 2 is 1.32 bits per heavy atom. The summed E-state index contributed by atoms with van der Waals surface area (Å²) in [5, 5.41) is 28.7. The lowest BCUT2D eigenvalue weighted by Crippen LogP contribution is -2.43. The lowest BCUT2D eigenvalue weighted by molar-refractivity contribution is -0.162. The van der Waals surface area contributed by atoms with E-state index in [0.29, 0.717) is 26.2 Å². The zero-order valence-electron chi connectivity index (χ0n) is 25.8. The van der Waals surface area contributed by atoms with Crippen molar-refractivity contribution in [1.29, 1.82) is 0 Å². The highest BCUT2D eigenvalue weighted by Gasteiger charge is 2.41. The second kappa shape index (κ2) is 28.3. The average molecular weight is 593 g/mol. The van der Waals surface area contributed by atoms with Crippen molar-refractivity contribution in [2.75, 3.05) is 33.0 Å². The topological polar surface area (TPSA) is 124 Å². The van der Waals surface area contributed by atoms with Gasteiger partial charge in [0.2, 0.25) is 0 Å². The first-order chi connectivity index (χ1) is 19.4. The van der Waals surface area contributed by atoms with Gasteiger partial charge in [-0.2, -0.15) is 0 Å². The Morgan fingerprint density at radius 3 is 1.77 bits per heavy atom. The smallest absolute Gasteiger partial charge is 0.457 e. The summed E-state index contributed by atoms with van der Waals surface area (Å²) >= 11 is 0. The van der Waals surface area contributed by atoms with Crippen LogP contribution >= 0.6 is 0 Å². The van der Waals surface area contributed by atoms with Gasteiger partial charge < -0.3 is 38.1 Å². The van der Waals surface area contributed by atoms with Crippen molar-refractivity contribution in [3.8, 4) is 0 Å². The van der Waals surface area contributed by atoms with Crippen molar-refractivity contribution < 1.29 is 42.9 Å². The van der Waals surface area contributed by atoms with Crippen molar-refractivity contribution in [2.24, 2.45) is 0 Å². The molecule has 4 atom stereocenters. The molecule has 0 saturated carbocycles. The van der Waals surface area contributed by atoms with E-state index in [2.05, 4.69) is 19.1 Å². The van der Waals surface area contributed by atoms with E-state index in [1.54, 1.807) is 0 Å². The lowest BCUT2D eigenvalue weighted by atomic mass is 10.1. The van der Waals surface area contributed by atoms with Crippen LogP contribution in [0.25, 0.3) is 0 Å². The quantitative estimate of drug-likeness (QED) is 0.0624. The normalized spacial score (nSPS) is 19.6. The Balaban J connectivity index is 0.00000129. The average Bonchev–Trinajstić information content (AvgIpc) is 3.28. The molecule has 0 spiro atoms. The summed E-state index contributed by atoms with van der Waals surface area (Å²) in [6.07, 6.45) is 16.5. The maximum atomic E-state index is 11.9. The number of aliphatic hydroxyl groups excluding tert-OH is 3. The monoisotopic (exact) mass is 592 g/mol. The van der Waals surface area contributed by atoms with Gasteiger partial charge in [-0.15, -0.1) is 0 Å². The van der Waals surface area contributed by atoms with Crippen LogP contribution < -0.4 is 0 Å². The first kappa shape index (κ1) is 39.1. The van der Waals surface area contributed by atoms with Crippen LogP contribution in [0.4, 0.5) is 0 Å². The van der Waals surface area contributed by atoms with Crippen molar-refractivity contribution in [3.05, 3.63) is 12.2 Å². The SMILES string of the molecule is CCCCCCCC/C=C\CCCCCCCC(=O)O[C@H](CO)[C@H]1OC[C@H](O)[C@H]1O.CCO[SiH](OCC)OCC. The first-order valence-corrected chi connectivity index (χ1v) is 17.1. The molecule has 1 saturated heterocycles. The minimum atomic E-state index is -1.73. The van der Waals surface area contributed by atoms with Crippen molar-refractivity contribution in [3.63, 3.8) is 0 Å². The Bertz CT molecular complexity index is 579. The highest BCUT2D eigenvalue weighted by atomic mass is 28.3. The molecule has 9 nitrogen and oxygen atoms in total. The number of carbonyl (C=O) groups excluding carboxylic acids is 1. The van der Waals surface area contributed by atoms with E-state index >= 15 is 0 Å². The lowest BCUT2D eigenvalue weighted by Gasteiger charge is -2.24. The van der Waals surface area contributed by atoms with Crippen molar-refractivity contribution in [1.82, 2.24) is 0 Å². The van der Waals surface area contributed by atoms with Crippen LogP contribution in [0.15, 0.2) is 12.2 Å². The molecule has 0 aliphatic carbocycles. The zero-order chi connectivity index (χ0) is 29.8. The van der Waals surface area contributed by atoms with Gasteiger partial charge in [0, 0.05) is 26.2 Å². The number of ether oxygens (including phenoxy) is 2. The molecule has 1 fully saturated rings. The number of allylic oxidation sites excluding steroid dienone is 2. The Kier molecular flexibility index (Phi) is 27.7. The van der Waals surface area contributed by atoms with E-state index in [4.69, 9.17) is 22.8 Å². The molecule has 238 valence electrons. The molecule has 0 bridgehead atoms. The summed E-state index contributed by atoms with van der Waals surface area (Å²) in [7, 11) is -1.73. The molecule has 1 aliphatic heterocycles. The van der Waals surface area contributed by atoms with E-state index in [0.717, 1.165) is 32.1 Å². The van der Waals surface area contributed by atoms with E-state index < -0.39 is 46.5 Å². The molecule has 3 N–H and O–H groups in total. The van der Waals surface area contributed by atoms with E-state index in [-0.39, 0.29) is 6.61 Å². The minimum Gasteiger partial charge on any atom is -0.457 e. The predicted octanol–water partition coefficient (Wildman–Crippen LogP) is 4.86. The summed E-state index contributed by atoms with van der Waals surface area (Å²) in [5.74, 6) is -0.399. The summed E-state index contributed by atoms with van der Waals surface area (Å²) < 4.78 is 26.1. The Morgan fingerprint density at radius 1 is 0.825 bits per heavy atom. The van der Waals surface area contributed by atoms with Crippen LogP contribution in [-0.2, 0) is 27.5 Å². The molecule has 0 radical (unpaired) electrons. The maximum absolute atomic E-state index is 11.9. The van der Waals surface area contributed by atoms with E-state index in [1.165, 1.54) is 51.4 Å². The van der Waals surface area contributed by atoms with Gasteiger partial charge in [-0.1, -0.05) is 70.4 Å². The van der Waals surface area contributed by atoms with E-state index in [1.807, 2.05) is 20.8 Å². The number of rotatable bonds is 24. The maximum Gasteiger partial charge on any atom is 0.484 e. The third-order valence-electron chi connectivity index (χ3n) is 6.57. The fourth-order valence-corrected chi connectivity index (χ4v) is 5.39. The first-order valence-electron chi connectivity index (χ1n) is 15.7. The molecule has 0 aromatic rings. The molecule has 0 aromatic carbocycles. The third kappa shape index (κ3) is 20.9. The van der Waals surface area contributed by atoms with Gasteiger partial charge in [-0.25, -0.2) is 0 Å². The largest absolute Gasteiger partial charge is 0.484 e. The molecular weight excluding hydrogens is 532 g/mol. The van der Waals surface area contributed by atoms with Gasteiger partial charge in [0.15, 0.2) is 6.10 Å². The molecule has 0 amide bonds. The summed E-state index contributed by atoms with van der Waals surface area (Å²) in [5.41, 5.74) is 0. The molecule has 0 unspecified atom stereocenters. The number of hydrogen-bond donors (Lipinski definition) is 3. The van der Waals surface area contributed by atoms with Crippen LogP contribution in [0.5, 0.6) is 0 Å². The van der Waals surface area contributed by atoms with Crippen LogP contribution in [0.1, 0.15) is 118 Å². The van der Waals surface area contributed by atoms with E-state index in [9.17, 15) is 20.1 Å². The zero-order valence-corrected chi connectivity index (χ0v) is 26.9. The highest BCUT2D eigenvalue weighted by molar-refractivity contribution is 6.36. The number of esters is 1. The number of aliphatic hydroxyl groups is 3. The third-order valence-corrected chi connectivity index (χ3v) is 8.39. The van der Waals surface area contributed by atoms with Gasteiger partial charge in [0.25, 0.3) is 0 Å². The fraction of sp³-hybridized carbons (Fsp3) is 0.900. The molecule has 1 aliphatic rings. The summed E-state index contributed by atoms with van der Waals surface area (Å²) in [6, 6.07) is 0. The molecule has 40 heavy (non-hydrogen) atoms. The van der Waals surface area contributed by atoms with Crippen LogP contribution in [0.3, 0.4) is 0 Å². The number of carbonyl (C=O) groups is 1. The van der Waals surface area contributed by atoms with Crippen LogP contribution in [0, 0.1) is 0 Å². The number of unbranched alkanes of at least 4 members (excludes halogenated alkanes) is 11. The second-order valence-corrected chi connectivity index (χ2v) is 11.6.